The molecule has 2 N–H and O–H groups in total. The molecule has 0 saturated carbocycles. The van der Waals surface area contributed by atoms with Gasteiger partial charge in [0.1, 0.15) is 11.5 Å². The van der Waals surface area contributed by atoms with Crippen LogP contribution in [0, 0.1) is 0 Å². The Kier molecular flexibility index (Phi) is 7.50. The van der Waals surface area contributed by atoms with Crippen molar-refractivity contribution in [2.24, 2.45) is 0 Å². The number of hydrogen-bond donors (Lipinski definition) is 2. The molecule has 32 heavy (non-hydrogen) atoms. The van der Waals surface area contributed by atoms with Crippen LogP contribution in [0.15, 0.2) is 22.9 Å². The summed E-state index contributed by atoms with van der Waals surface area (Å²) in [6.07, 6.45) is 6.06. The number of nitrogens with zero attached hydrogens (tertiary/aromatic N) is 4. The zero-order valence-electron chi connectivity index (χ0n) is 19.5. The SMILES string of the molecule is CCc1cc(NC(=O)NS(=O)(=O)N(c2cnn(C(C)C)c2)[C@H]2CCCN(C)C2)c(CC)o1. The topological polar surface area (TPSA) is 113 Å². The van der Waals surface area contributed by atoms with Gasteiger partial charge >= 0.3 is 16.2 Å². The second kappa shape index (κ2) is 9.95. The van der Waals surface area contributed by atoms with Crippen molar-refractivity contribution in [3.8, 4) is 0 Å². The monoisotopic (exact) mass is 466 g/mol. The summed E-state index contributed by atoms with van der Waals surface area (Å²) in [4.78, 5) is 14.8. The van der Waals surface area contributed by atoms with E-state index in [9.17, 15) is 13.2 Å². The number of piperidine rings is 1. The molecular weight excluding hydrogens is 432 g/mol. The molecule has 0 aliphatic carbocycles. The summed E-state index contributed by atoms with van der Waals surface area (Å²) in [5, 5.41) is 6.93. The summed E-state index contributed by atoms with van der Waals surface area (Å²) in [6.45, 7) is 9.27. The van der Waals surface area contributed by atoms with E-state index in [1.54, 1.807) is 16.9 Å². The predicted octanol–water partition coefficient (Wildman–Crippen LogP) is 3.15. The Bertz CT molecular complexity index is 1030. The van der Waals surface area contributed by atoms with E-state index in [1.807, 2.05) is 34.7 Å². The number of rotatable bonds is 8. The highest BCUT2D eigenvalue weighted by atomic mass is 32.2. The Morgan fingerprint density at radius 2 is 2.09 bits per heavy atom. The Morgan fingerprint density at radius 3 is 2.69 bits per heavy atom. The molecule has 10 nitrogen and oxygen atoms in total. The Labute approximate surface area is 190 Å². The number of urea groups is 1. The first-order valence-electron chi connectivity index (χ1n) is 11.1. The lowest BCUT2D eigenvalue weighted by Gasteiger charge is -2.37. The van der Waals surface area contributed by atoms with Crippen LogP contribution in [0.3, 0.4) is 0 Å². The van der Waals surface area contributed by atoms with Crippen molar-refractivity contribution in [1.82, 2.24) is 19.4 Å². The minimum Gasteiger partial charge on any atom is -0.464 e. The molecule has 0 radical (unpaired) electrons. The Hall–Kier alpha value is -2.53. The third-order valence-corrected chi connectivity index (χ3v) is 7.03. The molecule has 11 heteroatoms. The van der Waals surface area contributed by atoms with Crippen LogP contribution in [0.4, 0.5) is 16.2 Å². The third-order valence-electron chi connectivity index (χ3n) is 5.56. The molecule has 1 atom stereocenters. The number of carbonyl (C=O) groups excluding carboxylic acids is 1. The lowest BCUT2D eigenvalue weighted by Crippen LogP contribution is -2.54. The average molecular weight is 467 g/mol. The predicted molar refractivity (Wildman–Crippen MR) is 124 cm³/mol. The number of nitrogens with one attached hydrogen (secondary N) is 2. The molecule has 3 heterocycles. The van der Waals surface area contributed by atoms with Gasteiger partial charge in [-0.3, -0.25) is 4.68 Å². The minimum atomic E-state index is -4.19. The number of furan rings is 1. The summed E-state index contributed by atoms with van der Waals surface area (Å²) < 4.78 is 37.7. The maximum absolute atomic E-state index is 13.4. The first-order chi connectivity index (χ1) is 15.1. The Balaban J connectivity index is 1.85. The fourth-order valence-corrected chi connectivity index (χ4v) is 5.26. The van der Waals surface area contributed by atoms with Crippen LogP contribution in [0.2, 0.25) is 0 Å². The molecule has 3 rings (SSSR count). The molecule has 0 unspecified atom stereocenters. The van der Waals surface area contributed by atoms with E-state index in [0.29, 0.717) is 42.9 Å². The van der Waals surface area contributed by atoms with Gasteiger partial charge in [0.25, 0.3) is 0 Å². The molecule has 0 spiro atoms. The summed E-state index contributed by atoms with van der Waals surface area (Å²) >= 11 is 0. The van der Waals surface area contributed by atoms with Crippen LogP contribution in [0.25, 0.3) is 0 Å². The number of aryl methyl sites for hydroxylation is 2. The smallest absolute Gasteiger partial charge is 0.334 e. The highest BCUT2D eigenvalue weighted by Crippen LogP contribution is 2.26. The van der Waals surface area contributed by atoms with Crippen LogP contribution in [-0.2, 0) is 23.1 Å². The van der Waals surface area contributed by atoms with E-state index in [0.717, 1.165) is 18.7 Å². The summed E-state index contributed by atoms with van der Waals surface area (Å²) in [5.74, 6) is 1.34. The molecule has 2 amide bonds. The number of hydrogen-bond acceptors (Lipinski definition) is 6. The van der Waals surface area contributed by atoms with E-state index >= 15 is 0 Å². The molecule has 178 valence electrons. The van der Waals surface area contributed by atoms with Gasteiger partial charge in [0, 0.05) is 37.7 Å². The number of aromatic nitrogens is 2. The van der Waals surface area contributed by atoms with E-state index < -0.39 is 16.2 Å². The minimum absolute atomic E-state index is 0.0832. The first kappa shape index (κ1) is 24.1. The average Bonchev–Trinajstić information content (AvgIpc) is 3.34. The van der Waals surface area contributed by atoms with Gasteiger partial charge in [-0.25, -0.2) is 13.8 Å². The molecule has 2 aromatic rings. The van der Waals surface area contributed by atoms with E-state index in [-0.39, 0.29) is 12.1 Å². The summed E-state index contributed by atoms with van der Waals surface area (Å²) in [5.41, 5.74) is 0.916. The van der Waals surface area contributed by atoms with Gasteiger partial charge in [-0.05, 0) is 40.3 Å². The number of likely N-dealkylation sites (N-methyl/N-ethyl adjacent to an activating group) is 1. The molecule has 0 aromatic carbocycles. The van der Waals surface area contributed by atoms with Gasteiger partial charge in [-0.1, -0.05) is 13.8 Å². The highest BCUT2D eigenvalue weighted by Gasteiger charge is 2.35. The molecule has 0 bridgehead atoms. The van der Waals surface area contributed by atoms with Crippen molar-refractivity contribution in [2.75, 3.05) is 29.8 Å². The zero-order chi connectivity index (χ0) is 23.5. The van der Waals surface area contributed by atoms with Crippen molar-refractivity contribution in [1.29, 1.82) is 0 Å². The summed E-state index contributed by atoms with van der Waals surface area (Å²) in [7, 11) is -2.22. The van der Waals surface area contributed by atoms with Crippen molar-refractivity contribution in [2.45, 2.75) is 65.5 Å². The lowest BCUT2D eigenvalue weighted by molar-refractivity contribution is 0.251. The molecule has 2 aromatic heterocycles. The largest absolute Gasteiger partial charge is 0.464 e. The lowest BCUT2D eigenvalue weighted by atomic mass is 10.1. The van der Waals surface area contributed by atoms with Crippen molar-refractivity contribution in [3.63, 3.8) is 0 Å². The van der Waals surface area contributed by atoms with Crippen LogP contribution < -0.4 is 14.3 Å². The second-order valence-electron chi connectivity index (χ2n) is 8.44. The van der Waals surface area contributed by atoms with E-state index in [1.165, 1.54) is 10.5 Å². The van der Waals surface area contributed by atoms with Gasteiger partial charge in [0.2, 0.25) is 0 Å². The first-order valence-corrected chi connectivity index (χ1v) is 12.6. The van der Waals surface area contributed by atoms with Crippen molar-refractivity contribution in [3.05, 3.63) is 30.0 Å². The second-order valence-corrected chi connectivity index (χ2v) is 9.99. The number of carbonyl (C=O) groups is 1. The normalized spacial score (nSPS) is 17.5. The molecule has 1 aliphatic rings. The van der Waals surface area contributed by atoms with Crippen LogP contribution in [0.1, 0.15) is 58.1 Å². The Morgan fingerprint density at radius 1 is 1.34 bits per heavy atom. The van der Waals surface area contributed by atoms with Gasteiger partial charge in [0.15, 0.2) is 0 Å². The zero-order valence-corrected chi connectivity index (χ0v) is 20.3. The van der Waals surface area contributed by atoms with Crippen LogP contribution in [0.5, 0.6) is 0 Å². The molecular formula is C21H34N6O4S. The van der Waals surface area contributed by atoms with Crippen LogP contribution in [-0.4, -0.2) is 55.3 Å². The standard InChI is InChI=1S/C21H34N6O4S/c1-6-18-11-19(20(7-2)31-18)23-21(28)24-32(29,30)27(16-9-8-10-25(5)13-16)17-12-22-26(14-17)15(3)4/h11-12,14-16H,6-10,13H2,1-5H3,(H2,23,24,28)/t16-/m0/s1. The quantitative estimate of drug-likeness (QED) is 0.618. The molecule has 1 aliphatic heterocycles. The molecule has 1 saturated heterocycles. The van der Waals surface area contributed by atoms with Crippen molar-refractivity contribution < 1.29 is 17.6 Å². The van der Waals surface area contributed by atoms with Gasteiger partial charge in [0.05, 0.1) is 23.6 Å². The number of amides is 2. The van der Waals surface area contributed by atoms with Crippen LogP contribution >= 0.6 is 0 Å². The van der Waals surface area contributed by atoms with Gasteiger partial charge in [-0.2, -0.15) is 13.5 Å². The number of anilines is 2. The number of likely N-dealkylation sites (tertiary alicyclic amines) is 1. The highest BCUT2D eigenvalue weighted by molar-refractivity contribution is 7.91. The fraction of sp³-hybridized carbons (Fsp3) is 0.619. The maximum atomic E-state index is 13.4. The third kappa shape index (κ3) is 5.44. The van der Waals surface area contributed by atoms with Gasteiger partial charge in [-0.15, -0.1) is 0 Å². The van der Waals surface area contributed by atoms with Crippen molar-refractivity contribution >= 4 is 27.6 Å². The summed E-state index contributed by atoms with van der Waals surface area (Å²) in [6, 6.07) is 0.676. The van der Waals surface area contributed by atoms with Gasteiger partial charge < -0.3 is 14.6 Å². The van der Waals surface area contributed by atoms with E-state index in [4.69, 9.17) is 4.42 Å². The molecule has 1 fully saturated rings. The maximum Gasteiger partial charge on any atom is 0.334 e. The fourth-order valence-electron chi connectivity index (χ4n) is 3.94. The van der Waals surface area contributed by atoms with E-state index in [2.05, 4.69) is 20.0 Å².